The molecular formula is C23H22ClN3O3S. The lowest BCUT2D eigenvalue weighted by molar-refractivity contribution is 0.251. The van der Waals surface area contributed by atoms with Crippen LogP contribution in [0.5, 0.6) is 0 Å². The van der Waals surface area contributed by atoms with Gasteiger partial charge in [0.1, 0.15) is 0 Å². The molecule has 3 aromatic carbocycles. The van der Waals surface area contributed by atoms with Gasteiger partial charge in [0.05, 0.1) is 4.90 Å². The molecule has 1 aliphatic rings. The Hall–Kier alpha value is -3.03. The first-order chi connectivity index (χ1) is 14.8. The predicted octanol–water partition coefficient (Wildman–Crippen LogP) is 5.13. The number of sulfonamides is 1. The van der Waals surface area contributed by atoms with Crippen molar-refractivity contribution in [2.75, 3.05) is 10.0 Å². The molecule has 8 heteroatoms. The Morgan fingerprint density at radius 3 is 2.35 bits per heavy atom. The predicted molar refractivity (Wildman–Crippen MR) is 123 cm³/mol. The Morgan fingerprint density at radius 1 is 0.968 bits per heavy atom. The summed E-state index contributed by atoms with van der Waals surface area (Å²) < 4.78 is 28.3. The molecule has 4 rings (SSSR count). The quantitative estimate of drug-likeness (QED) is 0.481. The van der Waals surface area contributed by atoms with E-state index in [1.165, 1.54) is 11.6 Å². The Labute approximate surface area is 186 Å². The molecule has 0 aromatic heterocycles. The number of carbonyl (C=O) groups is 1. The van der Waals surface area contributed by atoms with Crippen molar-refractivity contribution in [1.82, 2.24) is 5.32 Å². The Morgan fingerprint density at radius 2 is 1.65 bits per heavy atom. The molecule has 1 aliphatic carbocycles. The van der Waals surface area contributed by atoms with E-state index in [9.17, 15) is 13.2 Å². The van der Waals surface area contributed by atoms with Gasteiger partial charge in [-0.05, 0) is 60.9 Å². The maximum absolute atomic E-state index is 12.9. The Balaban J connectivity index is 1.42. The second-order valence-corrected chi connectivity index (χ2v) is 9.64. The van der Waals surface area contributed by atoms with Crippen molar-refractivity contribution >= 4 is 39.0 Å². The molecule has 0 spiro atoms. The average Bonchev–Trinajstić information content (AvgIpc) is 3.50. The summed E-state index contributed by atoms with van der Waals surface area (Å²) >= 11 is 5.86. The monoisotopic (exact) mass is 455 g/mol. The lowest BCUT2D eigenvalue weighted by Gasteiger charge is -2.13. The van der Waals surface area contributed by atoms with Crippen LogP contribution in [-0.2, 0) is 10.0 Å². The highest BCUT2D eigenvalue weighted by Crippen LogP contribution is 2.40. The lowest BCUT2D eigenvalue weighted by Crippen LogP contribution is -2.31. The molecule has 0 bridgehead atoms. The molecule has 3 N–H and O–H groups in total. The summed E-state index contributed by atoms with van der Waals surface area (Å²) in [6.45, 7) is 1.70. The number of urea groups is 1. The summed E-state index contributed by atoms with van der Waals surface area (Å²) in [4.78, 5) is 12.5. The van der Waals surface area contributed by atoms with Crippen LogP contribution in [0.25, 0.3) is 0 Å². The Bertz CT molecular complexity index is 1200. The highest BCUT2D eigenvalue weighted by Gasteiger charge is 2.39. The van der Waals surface area contributed by atoms with E-state index in [0.29, 0.717) is 27.9 Å². The fourth-order valence-electron chi connectivity index (χ4n) is 3.45. The average molecular weight is 456 g/mol. The highest BCUT2D eigenvalue weighted by molar-refractivity contribution is 7.92. The van der Waals surface area contributed by atoms with Crippen LogP contribution < -0.4 is 15.4 Å². The second kappa shape index (κ2) is 8.61. The first-order valence-corrected chi connectivity index (χ1v) is 11.7. The molecule has 0 radical (unpaired) electrons. The molecule has 1 fully saturated rings. The minimum absolute atomic E-state index is 0.0719. The normalized spacial score (nSPS) is 17.6. The van der Waals surface area contributed by atoms with Gasteiger partial charge in [0, 0.05) is 28.4 Å². The summed E-state index contributed by atoms with van der Waals surface area (Å²) in [6, 6.07) is 20.9. The fraction of sp³-hybridized carbons (Fsp3) is 0.174. The standard InChI is InChI=1S/C23H22ClN3O3S/c1-15-7-10-19(13-22(15)31(29,30)27-18-11-8-17(24)9-12-18)25-23(28)26-21-14-20(21)16-5-3-2-4-6-16/h2-13,20-21,27H,14H2,1H3,(H2,25,26,28)/t20-,21+/m0/s1. The lowest BCUT2D eigenvalue weighted by atomic mass is 10.1. The first kappa shape index (κ1) is 21.2. The van der Waals surface area contributed by atoms with E-state index >= 15 is 0 Å². The molecule has 0 saturated heterocycles. The van der Waals surface area contributed by atoms with E-state index in [4.69, 9.17) is 11.6 Å². The number of anilines is 2. The van der Waals surface area contributed by atoms with Crippen LogP contribution in [0, 0.1) is 6.92 Å². The minimum atomic E-state index is -3.84. The summed E-state index contributed by atoms with van der Waals surface area (Å²) in [6.07, 6.45) is 0.885. The van der Waals surface area contributed by atoms with Crippen molar-refractivity contribution in [2.24, 2.45) is 0 Å². The van der Waals surface area contributed by atoms with Crippen molar-refractivity contribution in [3.63, 3.8) is 0 Å². The van der Waals surface area contributed by atoms with Crippen LogP contribution in [-0.4, -0.2) is 20.5 Å². The number of hydrogen-bond acceptors (Lipinski definition) is 3. The molecule has 0 aliphatic heterocycles. The molecule has 0 heterocycles. The zero-order valence-electron chi connectivity index (χ0n) is 16.8. The number of rotatable bonds is 6. The molecule has 1 saturated carbocycles. The molecule has 31 heavy (non-hydrogen) atoms. The number of aryl methyl sites for hydroxylation is 1. The van der Waals surface area contributed by atoms with Crippen LogP contribution in [0.4, 0.5) is 16.2 Å². The summed E-state index contributed by atoms with van der Waals surface area (Å²) in [7, 11) is -3.84. The second-order valence-electron chi connectivity index (χ2n) is 7.55. The highest BCUT2D eigenvalue weighted by atomic mass is 35.5. The zero-order valence-corrected chi connectivity index (χ0v) is 18.4. The van der Waals surface area contributed by atoms with Crippen LogP contribution in [0.2, 0.25) is 5.02 Å². The SMILES string of the molecule is Cc1ccc(NC(=O)N[C@@H]2C[C@H]2c2ccccc2)cc1S(=O)(=O)Nc1ccc(Cl)cc1. The zero-order chi connectivity index (χ0) is 22.0. The van der Waals surface area contributed by atoms with E-state index in [0.717, 1.165) is 6.42 Å². The maximum atomic E-state index is 12.9. The summed E-state index contributed by atoms with van der Waals surface area (Å²) in [5, 5.41) is 6.19. The van der Waals surface area contributed by atoms with Gasteiger partial charge in [-0.25, -0.2) is 13.2 Å². The third-order valence-electron chi connectivity index (χ3n) is 5.17. The number of amides is 2. The van der Waals surface area contributed by atoms with E-state index in [1.807, 2.05) is 18.2 Å². The van der Waals surface area contributed by atoms with Crippen LogP contribution in [0.15, 0.2) is 77.7 Å². The van der Waals surface area contributed by atoms with Gasteiger partial charge >= 0.3 is 6.03 Å². The van der Waals surface area contributed by atoms with Gasteiger partial charge < -0.3 is 10.6 Å². The van der Waals surface area contributed by atoms with Crippen molar-refractivity contribution in [2.45, 2.75) is 30.2 Å². The largest absolute Gasteiger partial charge is 0.334 e. The van der Waals surface area contributed by atoms with Crippen LogP contribution >= 0.6 is 11.6 Å². The van der Waals surface area contributed by atoms with Crippen molar-refractivity contribution in [3.8, 4) is 0 Å². The number of carbonyl (C=O) groups excluding carboxylic acids is 1. The molecule has 0 unspecified atom stereocenters. The topological polar surface area (TPSA) is 87.3 Å². The van der Waals surface area contributed by atoms with Gasteiger partial charge in [-0.2, -0.15) is 0 Å². The van der Waals surface area contributed by atoms with E-state index < -0.39 is 10.0 Å². The van der Waals surface area contributed by atoms with Gasteiger partial charge in [-0.15, -0.1) is 0 Å². The number of hydrogen-bond donors (Lipinski definition) is 3. The van der Waals surface area contributed by atoms with Crippen molar-refractivity contribution in [1.29, 1.82) is 0 Å². The number of benzene rings is 3. The van der Waals surface area contributed by atoms with E-state index in [2.05, 4.69) is 27.5 Å². The van der Waals surface area contributed by atoms with Crippen LogP contribution in [0.1, 0.15) is 23.5 Å². The number of nitrogens with one attached hydrogen (secondary N) is 3. The van der Waals surface area contributed by atoms with E-state index in [-0.39, 0.29) is 17.0 Å². The molecule has 160 valence electrons. The van der Waals surface area contributed by atoms with Gasteiger partial charge in [-0.3, -0.25) is 4.72 Å². The van der Waals surface area contributed by atoms with Gasteiger partial charge in [0.15, 0.2) is 0 Å². The smallest absolute Gasteiger partial charge is 0.319 e. The third kappa shape index (κ3) is 5.18. The van der Waals surface area contributed by atoms with Crippen molar-refractivity contribution < 1.29 is 13.2 Å². The first-order valence-electron chi connectivity index (χ1n) is 9.83. The minimum Gasteiger partial charge on any atom is -0.334 e. The third-order valence-corrected chi connectivity index (χ3v) is 6.94. The number of halogens is 1. The van der Waals surface area contributed by atoms with Crippen molar-refractivity contribution in [3.05, 3.63) is 88.9 Å². The molecule has 2 atom stereocenters. The summed E-state index contributed by atoms with van der Waals surface area (Å²) in [5.41, 5.74) is 2.57. The Kier molecular flexibility index (Phi) is 5.89. The maximum Gasteiger partial charge on any atom is 0.319 e. The molecule has 2 amide bonds. The summed E-state index contributed by atoms with van der Waals surface area (Å²) in [5.74, 6) is 0.310. The molecular weight excluding hydrogens is 434 g/mol. The van der Waals surface area contributed by atoms with Crippen LogP contribution in [0.3, 0.4) is 0 Å². The van der Waals surface area contributed by atoms with Gasteiger partial charge in [-0.1, -0.05) is 48.0 Å². The molecule has 6 nitrogen and oxygen atoms in total. The fourth-order valence-corrected chi connectivity index (χ4v) is 4.91. The van der Waals surface area contributed by atoms with Gasteiger partial charge in [0.2, 0.25) is 0 Å². The molecule has 3 aromatic rings. The van der Waals surface area contributed by atoms with E-state index in [1.54, 1.807) is 43.3 Å². The van der Waals surface area contributed by atoms with Gasteiger partial charge in [0.25, 0.3) is 10.0 Å².